The minimum Gasteiger partial charge on any atom is -0.353 e. The maximum absolute atomic E-state index is 12.3. The van der Waals surface area contributed by atoms with Gasteiger partial charge in [-0.05, 0) is 39.0 Å². The number of likely N-dealkylation sites (tertiary alicyclic amines) is 1. The Bertz CT molecular complexity index is 500. The summed E-state index contributed by atoms with van der Waals surface area (Å²) in [6, 6.07) is 0.471. The fourth-order valence-corrected chi connectivity index (χ4v) is 4.44. The van der Waals surface area contributed by atoms with Crippen molar-refractivity contribution in [3.63, 3.8) is 0 Å². The highest BCUT2D eigenvalue weighted by molar-refractivity contribution is 6.53. The molecule has 1 saturated heterocycles. The van der Waals surface area contributed by atoms with Crippen LogP contribution in [-0.4, -0.2) is 46.3 Å². The highest BCUT2D eigenvalue weighted by atomic mass is 35.5. The number of carbonyl (C=O) groups is 2. The monoisotopic (exact) mass is 375 g/mol. The van der Waals surface area contributed by atoms with Gasteiger partial charge in [-0.1, -0.05) is 19.3 Å². The Hall–Kier alpha value is -0.680. The number of carbonyl (C=O) groups excluding carboxylic acids is 2. The van der Waals surface area contributed by atoms with E-state index in [0.29, 0.717) is 25.6 Å². The smallest absolute Gasteiger partial charge is 0.317 e. The van der Waals surface area contributed by atoms with E-state index >= 15 is 0 Å². The van der Waals surface area contributed by atoms with E-state index in [2.05, 4.69) is 10.6 Å². The molecule has 0 radical (unpaired) electrons. The molecular weight excluding hydrogens is 349 g/mol. The molecule has 0 aromatic rings. The molecule has 1 atom stereocenters. The molecule has 136 valence electrons. The second-order valence-corrected chi connectivity index (χ2v) is 9.22. The maximum atomic E-state index is 12.3. The first-order valence-electron chi connectivity index (χ1n) is 9.06. The van der Waals surface area contributed by atoms with Crippen molar-refractivity contribution in [2.45, 2.75) is 74.7 Å². The van der Waals surface area contributed by atoms with E-state index in [-0.39, 0.29) is 18.0 Å². The standard InChI is InChI=1S/C17H27Cl2N3O2/c1-16(11-17(16,18)19)14(23)20-13-7-9-22(10-8-13)15(24)21-12-5-3-2-4-6-12/h12-13H,2-11H2,1H3,(H,20,23)(H,21,24)/t16-/m1/s1. The van der Waals surface area contributed by atoms with E-state index in [0.717, 1.165) is 25.7 Å². The van der Waals surface area contributed by atoms with Gasteiger partial charge in [-0.15, -0.1) is 23.2 Å². The van der Waals surface area contributed by atoms with Crippen LogP contribution < -0.4 is 10.6 Å². The van der Waals surface area contributed by atoms with E-state index in [1.807, 2.05) is 4.90 Å². The zero-order chi connectivity index (χ0) is 17.4. The second-order valence-electron chi connectivity index (χ2n) is 7.73. The summed E-state index contributed by atoms with van der Waals surface area (Å²) in [5.41, 5.74) is -0.675. The Balaban J connectivity index is 1.41. The number of alkyl halides is 2. The SMILES string of the molecule is C[C@]1(C(=O)NC2CCN(C(=O)NC3CCCCC3)CC2)CC1(Cl)Cl. The molecule has 0 unspecified atom stereocenters. The van der Waals surface area contributed by atoms with Crippen molar-refractivity contribution in [2.24, 2.45) is 5.41 Å². The molecule has 3 rings (SSSR count). The van der Waals surface area contributed by atoms with Crippen LogP contribution >= 0.6 is 23.2 Å². The topological polar surface area (TPSA) is 61.4 Å². The van der Waals surface area contributed by atoms with Crippen molar-refractivity contribution in [3.8, 4) is 0 Å². The Morgan fingerprint density at radius 3 is 2.04 bits per heavy atom. The van der Waals surface area contributed by atoms with Crippen molar-refractivity contribution >= 4 is 35.1 Å². The summed E-state index contributed by atoms with van der Waals surface area (Å²) in [6.45, 7) is 3.15. The van der Waals surface area contributed by atoms with Gasteiger partial charge in [-0.25, -0.2) is 4.79 Å². The van der Waals surface area contributed by atoms with Crippen molar-refractivity contribution in [3.05, 3.63) is 0 Å². The number of nitrogens with one attached hydrogen (secondary N) is 2. The molecular formula is C17H27Cl2N3O2. The molecule has 0 spiro atoms. The number of urea groups is 1. The zero-order valence-corrected chi connectivity index (χ0v) is 15.8. The number of nitrogens with zero attached hydrogens (tertiary/aromatic N) is 1. The van der Waals surface area contributed by atoms with Crippen LogP contribution in [0.15, 0.2) is 0 Å². The van der Waals surface area contributed by atoms with Gasteiger partial charge in [-0.3, -0.25) is 4.79 Å². The van der Waals surface area contributed by atoms with Crippen molar-refractivity contribution in [2.75, 3.05) is 13.1 Å². The average molecular weight is 376 g/mol. The van der Waals surface area contributed by atoms with Gasteiger partial charge in [0.05, 0.1) is 5.41 Å². The van der Waals surface area contributed by atoms with E-state index in [1.165, 1.54) is 19.3 Å². The number of hydrogen-bond donors (Lipinski definition) is 2. The quantitative estimate of drug-likeness (QED) is 0.744. The van der Waals surface area contributed by atoms with Crippen molar-refractivity contribution in [1.29, 1.82) is 0 Å². The third-order valence-electron chi connectivity index (χ3n) is 5.81. The molecule has 3 amide bonds. The van der Waals surface area contributed by atoms with E-state index in [1.54, 1.807) is 6.92 Å². The number of piperidine rings is 1. The summed E-state index contributed by atoms with van der Waals surface area (Å²) >= 11 is 12.1. The third-order valence-corrected chi connectivity index (χ3v) is 6.91. The van der Waals surface area contributed by atoms with Crippen molar-refractivity contribution in [1.82, 2.24) is 15.5 Å². The predicted octanol–water partition coefficient (Wildman–Crippen LogP) is 3.19. The molecule has 1 heterocycles. The molecule has 0 aromatic carbocycles. The van der Waals surface area contributed by atoms with Crippen LogP contribution in [0.1, 0.15) is 58.3 Å². The van der Waals surface area contributed by atoms with Crippen LogP contribution in [-0.2, 0) is 4.79 Å². The minimum absolute atomic E-state index is 0.0429. The van der Waals surface area contributed by atoms with Crippen LogP contribution in [0, 0.1) is 5.41 Å². The first-order chi connectivity index (χ1) is 11.3. The lowest BCUT2D eigenvalue weighted by Gasteiger charge is -2.34. The molecule has 3 fully saturated rings. The van der Waals surface area contributed by atoms with Gasteiger partial charge in [0.2, 0.25) is 5.91 Å². The van der Waals surface area contributed by atoms with Crippen molar-refractivity contribution < 1.29 is 9.59 Å². The molecule has 2 aliphatic carbocycles. The molecule has 5 nitrogen and oxygen atoms in total. The largest absolute Gasteiger partial charge is 0.353 e. The Morgan fingerprint density at radius 2 is 1.50 bits per heavy atom. The molecule has 7 heteroatoms. The maximum Gasteiger partial charge on any atom is 0.317 e. The summed E-state index contributed by atoms with van der Waals surface area (Å²) in [6.07, 6.45) is 7.93. The highest BCUT2D eigenvalue weighted by Gasteiger charge is 2.68. The molecule has 0 aromatic heterocycles. The Labute approximate surface area is 153 Å². The molecule has 2 N–H and O–H groups in total. The average Bonchev–Trinajstić information content (AvgIpc) is 3.08. The summed E-state index contributed by atoms with van der Waals surface area (Å²) in [4.78, 5) is 26.5. The molecule has 24 heavy (non-hydrogen) atoms. The lowest BCUT2D eigenvalue weighted by Crippen LogP contribution is -2.52. The summed E-state index contributed by atoms with van der Waals surface area (Å²) in [7, 11) is 0. The summed E-state index contributed by atoms with van der Waals surface area (Å²) < 4.78 is -0.933. The number of halogens is 2. The highest BCUT2D eigenvalue weighted by Crippen LogP contribution is 2.63. The normalized spacial score (nSPS) is 30.7. The Kier molecular flexibility index (Phi) is 5.22. The lowest BCUT2D eigenvalue weighted by molar-refractivity contribution is -0.126. The van der Waals surface area contributed by atoms with Crippen LogP contribution in [0.25, 0.3) is 0 Å². The van der Waals surface area contributed by atoms with E-state index < -0.39 is 9.75 Å². The molecule has 2 saturated carbocycles. The van der Waals surface area contributed by atoms with Crippen LogP contribution in [0.4, 0.5) is 4.79 Å². The number of amides is 3. The van der Waals surface area contributed by atoms with E-state index in [4.69, 9.17) is 23.2 Å². The van der Waals surface area contributed by atoms with Gasteiger partial charge in [0.1, 0.15) is 4.33 Å². The van der Waals surface area contributed by atoms with Gasteiger partial charge in [-0.2, -0.15) is 0 Å². The number of hydrogen-bond acceptors (Lipinski definition) is 2. The van der Waals surface area contributed by atoms with Gasteiger partial charge in [0, 0.05) is 25.2 Å². The van der Waals surface area contributed by atoms with Gasteiger partial charge in [0.25, 0.3) is 0 Å². The van der Waals surface area contributed by atoms with Crippen LogP contribution in [0.3, 0.4) is 0 Å². The second kappa shape index (κ2) is 6.91. The molecule has 0 bridgehead atoms. The summed E-state index contributed by atoms with van der Waals surface area (Å²) in [5.74, 6) is -0.0717. The predicted molar refractivity (Wildman–Crippen MR) is 95.3 cm³/mol. The van der Waals surface area contributed by atoms with Crippen LogP contribution in [0.2, 0.25) is 0 Å². The first-order valence-corrected chi connectivity index (χ1v) is 9.82. The molecule has 3 aliphatic rings. The zero-order valence-electron chi connectivity index (χ0n) is 14.2. The van der Waals surface area contributed by atoms with Gasteiger partial charge < -0.3 is 15.5 Å². The van der Waals surface area contributed by atoms with Crippen LogP contribution in [0.5, 0.6) is 0 Å². The fourth-order valence-electron chi connectivity index (χ4n) is 3.73. The van der Waals surface area contributed by atoms with Gasteiger partial charge >= 0.3 is 6.03 Å². The minimum atomic E-state index is -0.933. The van der Waals surface area contributed by atoms with Gasteiger partial charge in [0.15, 0.2) is 0 Å². The lowest BCUT2D eigenvalue weighted by atomic mass is 9.95. The molecule has 1 aliphatic heterocycles. The third kappa shape index (κ3) is 3.77. The van der Waals surface area contributed by atoms with E-state index in [9.17, 15) is 9.59 Å². The number of rotatable bonds is 3. The first kappa shape index (κ1) is 18.1. The fraction of sp³-hybridized carbons (Fsp3) is 0.882. The summed E-state index contributed by atoms with van der Waals surface area (Å²) in [5, 5.41) is 6.21. The Morgan fingerprint density at radius 1 is 0.958 bits per heavy atom.